The molecule has 86 valence electrons. The number of ketones is 1. The Bertz CT molecular complexity index is 578. The lowest BCUT2D eigenvalue weighted by molar-refractivity contribution is 0.101. The molecule has 2 rings (SSSR count). The highest BCUT2D eigenvalue weighted by molar-refractivity contribution is 5.96. The predicted molar refractivity (Wildman–Crippen MR) is 66.3 cm³/mol. The second-order valence-electron chi connectivity index (χ2n) is 3.84. The number of hydrogen-bond donors (Lipinski definition) is 1. The Morgan fingerprint density at radius 2 is 1.82 bits per heavy atom. The van der Waals surface area contributed by atoms with Crippen LogP contribution in [0, 0.1) is 5.82 Å². The molecule has 17 heavy (non-hydrogen) atoms. The highest BCUT2D eigenvalue weighted by Crippen LogP contribution is 2.28. The summed E-state index contributed by atoms with van der Waals surface area (Å²) in [5, 5.41) is 0. The summed E-state index contributed by atoms with van der Waals surface area (Å²) < 4.78 is 13.6. The fraction of sp³-hybridized carbons (Fsp3) is 0.0714. The summed E-state index contributed by atoms with van der Waals surface area (Å²) in [4.78, 5) is 11.2. The third-order valence-corrected chi connectivity index (χ3v) is 2.62. The van der Waals surface area contributed by atoms with E-state index in [1.807, 2.05) is 0 Å². The lowest BCUT2D eigenvalue weighted by atomic mass is 10.0. The fourth-order valence-electron chi connectivity index (χ4n) is 1.71. The molecule has 2 aromatic carbocycles. The van der Waals surface area contributed by atoms with Gasteiger partial charge in [-0.25, -0.2) is 4.39 Å². The van der Waals surface area contributed by atoms with E-state index in [1.165, 1.54) is 13.0 Å². The Morgan fingerprint density at radius 1 is 1.12 bits per heavy atom. The molecule has 0 bridgehead atoms. The molecule has 0 heterocycles. The van der Waals surface area contributed by atoms with Crippen molar-refractivity contribution < 1.29 is 9.18 Å². The first-order valence-corrected chi connectivity index (χ1v) is 5.25. The van der Waals surface area contributed by atoms with Gasteiger partial charge in [-0.1, -0.05) is 30.3 Å². The van der Waals surface area contributed by atoms with Gasteiger partial charge in [-0.2, -0.15) is 0 Å². The Labute approximate surface area is 98.9 Å². The SMILES string of the molecule is CC(=O)c1ccc(-c2ccccc2F)c(N)c1. The molecule has 2 aromatic rings. The van der Waals surface area contributed by atoms with E-state index in [4.69, 9.17) is 5.73 Å². The highest BCUT2D eigenvalue weighted by Gasteiger charge is 2.09. The summed E-state index contributed by atoms with van der Waals surface area (Å²) in [5.41, 5.74) is 7.83. The quantitative estimate of drug-likeness (QED) is 0.634. The molecule has 0 aliphatic heterocycles. The van der Waals surface area contributed by atoms with E-state index in [0.29, 0.717) is 22.4 Å². The van der Waals surface area contributed by atoms with Gasteiger partial charge in [0.1, 0.15) is 5.82 Å². The van der Waals surface area contributed by atoms with Gasteiger partial charge in [0.2, 0.25) is 0 Å². The monoisotopic (exact) mass is 229 g/mol. The third-order valence-electron chi connectivity index (χ3n) is 2.62. The minimum absolute atomic E-state index is 0.0585. The Kier molecular flexibility index (Phi) is 2.91. The largest absolute Gasteiger partial charge is 0.398 e. The van der Waals surface area contributed by atoms with Crippen molar-refractivity contribution in [2.24, 2.45) is 0 Å². The summed E-state index contributed by atoms with van der Waals surface area (Å²) in [6.45, 7) is 1.47. The van der Waals surface area contributed by atoms with E-state index in [1.54, 1.807) is 36.4 Å². The molecule has 2 nitrogen and oxygen atoms in total. The summed E-state index contributed by atoms with van der Waals surface area (Å²) in [6, 6.07) is 11.3. The van der Waals surface area contributed by atoms with Gasteiger partial charge in [0, 0.05) is 22.4 Å². The maximum atomic E-state index is 13.6. The van der Waals surface area contributed by atoms with Crippen molar-refractivity contribution in [3.8, 4) is 11.1 Å². The number of carbonyl (C=O) groups is 1. The van der Waals surface area contributed by atoms with Crippen molar-refractivity contribution in [2.45, 2.75) is 6.92 Å². The van der Waals surface area contributed by atoms with Crippen molar-refractivity contribution in [3.63, 3.8) is 0 Å². The molecule has 0 aromatic heterocycles. The molecule has 3 heteroatoms. The number of rotatable bonds is 2. The predicted octanol–water partition coefficient (Wildman–Crippen LogP) is 3.28. The fourth-order valence-corrected chi connectivity index (χ4v) is 1.71. The van der Waals surface area contributed by atoms with Crippen molar-refractivity contribution in [1.82, 2.24) is 0 Å². The van der Waals surface area contributed by atoms with Crippen LogP contribution in [0.2, 0.25) is 0 Å². The summed E-state index contributed by atoms with van der Waals surface area (Å²) in [5.74, 6) is -0.383. The van der Waals surface area contributed by atoms with E-state index in [-0.39, 0.29) is 11.6 Å². The highest BCUT2D eigenvalue weighted by atomic mass is 19.1. The maximum Gasteiger partial charge on any atom is 0.159 e. The smallest absolute Gasteiger partial charge is 0.159 e. The number of halogens is 1. The van der Waals surface area contributed by atoms with Crippen LogP contribution >= 0.6 is 0 Å². The summed E-state index contributed by atoms with van der Waals surface area (Å²) in [7, 11) is 0. The molecule has 0 amide bonds. The van der Waals surface area contributed by atoms with Gasteiger partial charge in [-0.3, -0.25) is 4.79 Å². The molecule has 0 saturated carbocycles. The molecule has 0 aliphatic carbocycles. The summed E-state index contributed by atoms with van der Waals surface area (Å²) >= 11 is 0. The van der Waals surface area contributed by atoms with E-state index >= 15 is 0 Å². The molecule has 0 unspecified atom stereocenters. The van der Waals surface area contributed by atoms with Crippen LogP contribution < -0.4 is 5.73 Å². The normalized spacial score (nSPS) is 10.2. The number of nitrogen functional groups attached to an aromatic ring is 1. The van der Waals surface area contributed by atoms with Crippen LogP contribution in [0.25, 0.3) is 11.1 Å². The van der Waals surface area contributed by atoms with Crippen LogP contribution in [0.5, 0.6) is 0 Å². The minimum atomic E-state index is -0.324. The second-order valence-corrected chi connectivity index (χ2v) is 3.84. The van der Waals surface area contributed by atoms with Crippen LogP contribution in [-0.2, 0) is 0 Å². The van der Waals surface area contributed by atoms with Crippen molar-refractivity contribution in [3.05, 3.63) is 53.8 Å². The van der Waals surface area contributed by atoms with Gasteiger partial charge in [-0.05, 0) is 19.1 Å². The molecule has 0 aliphatic rings. The molecule has 0 atom stereocenters. The zero-order valence-electron chi connectivity index (χ0n) is 9.41. The molecular formula is C14H12FNO. The first kappa shape index (κ1) is 11.3. The minimum Gasteiger partial charge on any atom is -0.398 e. The van der Waals surface area contributed by atoms with Crippen molar-refractivity contribution in [1.29, 1.82) is 0 Å². The van der Waals surface area contributed by atoms with Gasteiger partial charge >= 0.3 is 0 Å². The number of hydrogen-bond acceptors (Lipinski definition) is 2. The number of Topliss-reactive ketones (excluding diaryl/α,β-unsaturated/α-hetero) is 1. The zero-order valence-corrected chi connectivity index (χ0v) is 9.41. The van der Waals surface area contributed by atoms with Crippen LogP contribution in [-0.4, -0.2) is 5.78 Å². The van der Waals surface area contributed by atoms with Gasteiger partial charge in [0.05, 0.1) is 0 Å². The van der Waals surface area contributed by atoms with Gasteiger partial charge in [0.15, 0.2) is 5.78 Å². The first-order chi connectivity index (χ1) is 8.09. The number of benzene rings is 2. The van der Waals surface area contributed by atoms with E-state index < -0.39 is 0 Å². The van der Waals surface area contributed by atoms with Crippen LogP contribution in [0.4, 0.5) is 10.1 Å². The zero-order chi connectivity index (χ0) is 12.4. The Balaban J connectivity index is 2.55. The van der Waals surface area contributed by atoms with Crippen LogP contribution in [0.3, 0.4) is 0 Å². The molecule has 0 saturated heterocycles. The Morgan fingerprint density at radius 3 is 2.41 bits per heavy atom. The number of nitrogens with two attached hydrogens (primary N) is 1. The summed E-state index contributed by atoms with van der Waals surface area (Å²) in [6.07, 6.45) is 0. The van der Waals surface area contributed by atoms with Crippen molar-refractivity contribution >= 4 is 11.5 Å². The van der Waals surface area contributed by atoms with Gasteiger partial charge in [0.25, 0.3) is 0 Å². The van der Waals surface area contributed by atoms with Crippen LogP contribution in [0.1, 0.15) is 17.3 Å². The Hall–Kier alpha value is -2.16. The van der Waals surface area contributed by atoms with Gasteiger partial charge in [-0.15, -0.1) is 0 Å². The molecule has 0 fully saturated rings. The molecule has 0 radical (unpaired) electrons. The third kappa shape index (κ3) is 2.18. The average molecular weight is 229 g/mol. The van der Waals surface area contributed by atoms with Gasteiger partial charge < -0.3 is 5.73 Å². The first-order valence-electron chi connectivity index (χ1n) is 5.25. The van der Waals surface area contributed by atoms with Crippen LogP contribution in [0.15, 0.2) is 42.5 Å². The average Bonchev–Trinajstić information content (AvgIpc) is 2.30. The number of carbonyl (C=O) groups excluding carboxylic acids is 1. The molecule has 2 N–H and O–H groups in total. The lowest BCUT2D eigenvalue weighted by Crippen LogP contribution is -1.97. The van der Waals surface area contributed by atoms with Crippen molar-refractivity contribution in [2.75, 3.05) is 5.73 Å². The second kappa shape index (κ2) is 4.37. The number of anilines is 1. The van der Waals surface area contributed by atoms with E-state index in [2.05, 4.69) is 0 Å². The van der Waals surface area contributed by atoms with E-state index in [0.717, 1.165) is 0 Å². The lowest BCUT2D eigenvalue weighted by Gasteiger charge is -2.08. The maximum absolute atomic E-state index is 13.6. The molecule has 0 spiro atoms. The standard InChI is InChI=1S/C14H12FNO/c1-9(17)10-6-7-12(14(16)8-10)11-4-2-3-5-13(11)15/h2-8H,16H2,1H3. The van der Waals surface area contributed by atoms with E-state index in [9.17, 15) is 9.18 Å². The topological polar surface area (TPSA) is 43.1 Å². The molecular weight excluding hydrogens is 217 g/mol.